The minimum absolute atomic E-state index is 0.000000000000000444. The van der Waals surface area contributed by atoms with Gasteiger partial charge in [0.15, 0.2) is 0 Å². The molecule has 0 amide bonds. The van der Waals surface area contributed by atoms with E-state index in [1.807, 2.05) is 0 Å². The number of fused-ring (bicyclic) bond motifs is 1. The molecule has 2 heteroatoms. The minimum atomic E-state index is 0.000000000000000444. The smallest absolute Gasteiger partial charge is 0.310 e. The van der Waals surface area contributed by atoms with Crippen molar-refractivity contribution in [3.63, 3.8) is 0 Å². The van der Waals surface area contributed by atoms with E-state index in [0.717, 1.165) is 0 Å². The number of carbonyl (C=O) groups excluding carboxylic acids is 1. The van der Waals surface area contributed by atoms with Crippen molar-refractivity contribution >= 4 is 5.97 Å². The second-order valence-electron chi connectivity index (χ2n) is 4.36. The lowest BCUT2D eigenvalue weighted by Crippen LogP contribution is -2.06. The minimum Gasteiger partial charge on any atom is -0.465 e. The third-order valence-corrected chi connectivity index (χ3v) is 3.01. The molecule has 0 aromatic rings. The predicted molar refractivity (Wildman–Crippen MR) is 45.5 cm³/mol. The van der Waals surface area contributed by atoms with Crippen molar-refractivity contribution in [2.75, 3.05) is 6.61 Å². The Labute approximate surface area is 72.6 Å². The lowest BCUT2D eigenvalue weighted by Gasteiger charge is -2.04. The van der Waals surface area contributed by atoms with Gasteiger partial charge in [-0.25, -0.2) is 0 Å². The number of cyclic esters (lactones) is 1. The first-order valence-corrected chi connectivity index (χ1v) is 4.37. The zero-order valence-electron chi connectivity index (χ0n) is 7.76. The molecule has 2 nitrogen and oxygen atoms in total. The number of allylic oxidation sites excluding steroid dienone is 2. The van der Waals surface area contributed by atoms with Crippen LogP contribution in [-0.4, -0.2) is 12.6 Å². The summed E-state index contributed by atoms with van der Waals surface area (Å²) < 4.78 is 4.96. The highest BCUT2D eigenvalue weighted by molar-refractivity contribution is 5.81. The van der Waals surface area contributed by atoms with Gasteiger partial charge in [-0.3, -0.25) is 4.79 Å². The third-order valence-electron chi connectivity index (χ3n) is 3.01. The highest BCUT2D eigenvalue weighted by atomic mass is 16.5. The van der Waals surface area contributed by atoms with Crippen LogP contribution in [0.4, 0.5) is 0 Å². The summed E-state index contributed by atoms with van der Waals surface area (Å²) in [6.45, 7) is 6.89. The van der Waals surface area contributed by atoms with Crippen LogP contribution < -0.4 is 0 Å². The molecule has 66 valence electrons. The Morgan fingerprint density at radius 2 is 2.33 bits per heavy atom. The van der Waals surface area contributed by atoms with E-state index in [-0.39, 0.29) is 17.3 Å². The number of hydrogen-bond donors (Lipinski definition) is 0. The number of hydrogen-bond acceptors (Lipinski definition) is 2. The van der Waals surface area contributed by atoms with Gasteiger partial charge in [0.05, 0.1) is 12.5 Å². The molecule has 0 aromatic heterocycles. The van der Waals surface area contributed by atoms with Gasteiger partial charge in [0.2, 0.25) is 0 Å². The van der Waals surface area contributed by atoms with E-state index in [1.165, 1.54) is 5.57 Å². The van der Waals surface area contributed by atoms with Gasteiger partial charge in [-0.15, -0.1) is 0 Å². The van der Waals surface area contributed by atoms with E-state index in [0.29, 0.717) is 12.5 Å². The number of ether oxygens (including phenoxy) is 1. The molecule has 1 aliphatic carbocycles. The molecule has 1 saturated heterocycles. The van der Waals surface area contributed by atoms with Crippen molar-refractivity contribution < 1.29 is 9.53 Å². The summed E-state index contributed by atoms with van der Waals surface area (Å²) in [6, 6.07) is 0. The maximum absolute atomic E-state index is 11.2. The summed E-state index contributed by atoms with van der Waals surface area (Å²) in [6.07, 6.45) is 2.20. The van der Waals surface area contributed by atoms with Crippen LogP contribution in [0.3, 0.4) is 0 Å². The Balaban J connectivity index is 2.17. The molecule has 3 unspecified atom stereocenters. The molecule has 2 fully saturated rings. The van der Waals surface area contributed by atoms with E-state index in [2.05, 4.69) is 26.8 Å². The topological polar surface area (TPSA) is 26.3 Å². The quantitative estimate of drug-likeness (QED) is 0.438. The predicted octanol–water partition coefficient (Wildman–Crippen LogP) is 1.76. The van der Waals surface area contributed by atoms with E-state index in [4.69, 9.17) is 4.74 Å². The highest BCUT2D eigenvalue weighted by Gasteiger charge is 2.69. The molecule has 1 saturated carbocycles. The highest BCUT2D eigenvalue weighted by Crippen LogP contribution is 2.63. The first-order valence-electron chi connectivity index (χ1n) is 4.37. The summed E-state index contributed by atoms with van der Waals surface area (Å²) in [7, 11) is 0. The second kappa shape index (κ2) is 2.12. The van der Waals surface area contributed by atoms with Crippen LogP contribution in [0.5, 0.6) is 0 Å². The normalized spacial score (nSPS) is 43.4. The molecule has 12 heavy (non-hydrogen) atoms. The molecule has 3 atom stereocenters. The number of carbonyl (C=O) groups is 1. The van der Waals surface area contributed by atoms with Crippen LogP contribution in [0, 0.1) is 17.3 Å². The van der Waals surface area contributed by atoms with Crippen LogP contribution >= 0.6 is 0 Å². The van der Waals surface area contributed by atoms with Crippen molar-refractivity contribution in [1.82, 2.24) is 0 Å². The second-order valence-corrected chi connectivity index (χ2v) is 4.36. The fourth-order valence-corrected chi connectivity index (χ4v) is 2.16. The Morgan fingerprint density at radius 3 is 2.75 bits per heavy atom. The van der Waals surface area contributed by atoms with Crippen molar-refractivity contribution in [3.8, 4) is 0 Å². The molecule has 2 aliphatic rings. The van der Waals surface area contributed by atoms with E-state index in [1.54, 1.807) is 0 Å². The molecular weight excluding hydrogens is 152 g/mol. The van der Waals surface area contributed by atoms with Crippen LogP contribution in [0.25, 0.3) is 0 Å². The van der Waals surface area contributed by atoms with Gasteiger partial charge in [0.1, 0.15) is 0 Å². The first-order chi connectivity index (χ1) is 5.55. The summed E-state index contributed by atoms with van der Waals surface area (Å²) in [5, 5.41) is 0. The standard InChI is InChI=1S/C10H14O2/c1-6(2)4-7-8-9(11)12-5-10(7,8)3/h4,7-8H,5H2,1-3H3. The maximum Gasteiger partial charge on any atom is 0.310 e. The molecule has 0 spiro atoms. The lowest BCUT2D eigenvalue weighted by molar-refractivity contribution is -0.141. The molecular formula is C10H14O2. The van der Waals surface area contributed by atoms with Crippen molar-refractivity contribution in [3.05, 3.63) is 11.6 Å². The SMILES string of the molecule is CC(C)=CC1C2C(=O)OCC12C. The molecule has 1 aliphatic heterocycles. The summed E-state index contributed by atoms with van der Waals surface area (Å²) >= 11 is 0. The summed E-state index contributed by atoms with van der Waals surface area (Å²) in [4.78, 5) is 11.2. The molecule has 2 rings (SSSR count). The van der Waals surface area contributed by atoms with Gasteiger partial charge < -0.3 is 4.74 Å². The van der Waals surface area contributed by atoms with Crippen LogP contribution in [-0.2, 0) is 9.53 Å². The molecule has 0 aromatic carbocycles. The first kappa shape index (κ1) is 7.84. The number of esters is 1. The van der Waals surface area contributed by atoms with Crippen LogP contribution in [0.1, 0.15) is 20.8 Å². The average Bonchev–Trinajstić information content (AvgIpc) is 2.37. The van der Waals surface area contributed by atoms with Gasteiger partial charge in [-0.1, -0.05) is 18.6 Å². The molecule has 0 N–H and O–H groups in total. The van der Waals surface area contributed by atoms with Gasteiger partial charge in [-0.2, -0.15) is 0 Å². The Hall–Kier alpha value is -0.790. The third kappa shape index (κ3) is 0.838. The average molecular weight is 166 g/mol. The lowest BCUT2D eigenvalue weighted by atomic mass is 10.1. The van der Waals surface area contributed by atoms with Gasteiger partial charge in [-0.05, 0) is 13.8 Å². The zero-order valence-corrected chi connectivity index (χ0v) is 7.76. The largest absolute Gasteiger partial charge is 0.465 e. The van der Waals surface area contributed by atoms with Crippen LogP contribution in [0.2, 0.25) is 0 Å². The Kier molecular flexibility index (Phi) is 1.39. The van der Waals surface area contributed by atoms with Gasteiger partial charge in [0, 0.05) is 11.3 Å². The fourth-order valence-electron chi connectivity index (χ4n) is 2.16. The van der Waals surface area contributed by atoms with Gasteiger partial charge >= 0.3 is 5.97 Å². The monoisotopic (exact) mass is 166 g/mol. The molecule has 0 bridgehead atoms. The van der Waals surface area contributed by atoms with Crippen molar-refractivity contribution in [1.29, 1.82) is 0 Å². The Morgan fingerprint density at radius 1 is 1.67 bits per heavy atom. The maximum atomic E-state index is 11.2. The molecule has 0 radical (unpaired) electrons. The van der Waals surface area contributed by atoms with Gasteiger partial charge in [0.25, 0.3) is 0 Å². The van der Waals surface area contributed by atoms with E-state index in [9.17, 15) is 4.79 Å². The zero-order chi connectivity index (χ0) is 8.93. The number of rotatable bonds is 1. The summed E-state index contributed by atoms with van der Waals surface area (Å²) in [5.74, 6) is 0.608. The molecule has 1 heterocycles. The van der Waals surface area contributed by atoms with E-state index < -0.39 is 0 Å². The van der Waals surface area contributed by atoms with Crippen LogP contribution in [0.15, 0.2) is 11.6 Å². The Bertz CT molecular complexity index is 263. The fraction of sp³-hybridized carbons (Fsp3) is 0.700. The van der Waals surface area contributed by atoms with Crippen molar-refractivity contribution in [2.24, 2.45) is 17.3 Å². The van der Waals surface area contributed by atoms with E-state index >= 15 is 0 Å². The summed E-state index contributed by atoms with van der Waals surface area (Å²) in [5.41, 5.74) is 1.43. The van der Waals surface area contributed by atoms with Crippen molar-refractivity contribution in [2.45, 2.75) is 20.8 Å².